The van der Waals surface area contributed by atoms with Crippen LogP contribution < -0.4 is 14.4 Å². The van der Waals surface area contributed by atoms with Crippen molar-refractivity contribution in [3.05, 3.63) is 22.8 Å². The molecule has 0 amide bonds. The summed E-state index contributed by atoms with van der Waals surface area (Å²) >= 11 is 6.40. The van der Waals surface area contributed by atoms with Crippen molar-refractivity contribution in [1.82, 2.24) is 4.98 Å². The van der Waals surface area contributed by atoms with Gasteiger partial charge in [-0.15, -0.1) is 0 Å². The maximum Gasteiger partial charge on any atom is 0.341 e. The van der Waals surface area contributed by atoms with Gasteiger partial charge in [0.2, 0.25) is 0 Å². The van der Waals surface area contributed by atoms with E-state index in [-0.39, 0.29) is 6.61 Å². The van der Waals surface area contributed by atoms with Gasteiger partial charge < -0.3 is 24.2 Å². The maximum atomic E-state index is 12.6. The van der Waals surface area contributed by atoms with Crippen molar-refractivity contribution in [2.75, 3.05) is 38.8 Å². The number of ether oxygens (including phenoxy) is 3. The molecule has 2 heterocycles. The second-order valence-corrected chi connectivity index (χ2v) is 6.71. The standard InChI is InChI=1S/C19H23ClN2O5/c1-4-27-19(24)12-9-21-16-14(25-2)8-13(20)18(26-3)15(16)17(12)22-7-5-6-11(23)10-22/h8-9,11,23H,4-7,10H2,1-3H3. The van der Waals surface area contributed by atoms with E-state index in [4.69, 9.17) is 25.8 Å². The number of hydrogen-bond acceptors (Lipinski definition) is 7. The molecule has 1 aliphatic rings. The topological polar surface area (TPSA) is 81.1 Å². The molecule has 2 aromatic rings. The first-order chi connectivity index (χ1) is 13.0. The SMILES string of the molecule is CCOC(=O)c1cnc2c(OC)cc(Cl)c(OC)c2c1N1CCCC(O)C1. The Morgan fingerprint density at radius 3 is 2.81 bits per heavy atom. The molecule has 1 fully saturated rings. The second-order valence-electron chi connectivity index (χ2n) is 6.30. The summed E-state index contributed by atoms with van der Waals surface area (Å²) in [7, 11) is 3.04. The summed E-state index contributed by atoms with van der Waals surface area (Å²) in [6, 6.07) is 1.63. The van der Waals surface area contributed by atoms with Crippen molar-refractivity contribution in [2.45, 2.75) is 25.9 Å². The minimum atomic E-state index is -0.483. The number of nitrogens with zero attached hydrogens (tertiary/aromatic N) is 2. The highest BCUT2D eigenvalue weighted by molar-refractivity contribution is 6.34. The Morgan fingerprint density at radius 1 is 1.41 bits per heavy atom. The third-order valence-corrected chi connectivity index (χ3v) is 4.90. The Hall–Kier alpha value is -2.25. The summed E-state index contributed by atoms with van der Waals surface area (Å²) in [6.07, 6.45) is 2.51. The Kier molecular flexibility index (Phi) is 5.92. The Labute approximate surface area is 162 Å². The molecule has 0 radical (unpaired) electrons. The van der Waals surface area contributed by atoms with Crippen LogP contribution >= 0.6 is 11.6 Å². The summed E-state index contributed by atoms with van der Waals surface area (Å²) in [5.74, 6) is 0.397. The molecule has 0 spiro atoms. The van der Waals surface area contributed by atoms with Crippen LogP contribution in [-0.4, -0.2) is 56.1 Å². The third-order valence-electron chi connectivity index (χ3n) is 4.62. The molecule has 0 saturated carbocycles. The lowest BCUT2D eigenvalue weighted by atomic mass is 10.0. The zero-order valence-electron chi connectivity index (χ0n) is 15.6. The van der Waals surface area contributed by atoms with Crippen LogP contribution in [0, 0.1) is 0 Å². The molecule has 146 valence electrons. The van der Waals surface area contributed by atoms with Crippen molar-refractivity contribution in [1.29, 1.82) is 0 Å². The molecule has 1 aliphatic heterocycles. The third kappa shape index (κ3) is 3.61. The number of halogens is 1. The molecular weight excluding hydrogens is 372 g/mol. The predicted octanol–water partition coefficient (Wildman–Crippen LogP) is 3.04. The van der Waals surface area contributed by atoms with Crippen molar-refractivity contribution in [3.8, 4) is 11.5 Å². The minimum absolute atomic E-state index is 0.245. The molecule has 1 unspecified atom stereocenters. The van der Waals surface area contributed by atoms with Crippen LogP contribution in [0.15, 0.2) is 12.3 Å². The summed E-state index contributed by atoms with van der Waals surface area (Å²) in [6.45, 7) is 3.07. The smallest absolute Gasteiger partial charge is 0.341 e. The van der Waals surface area contributed by atoms with Crippen LogP contribution in [0.4, 0.5) is 5.69 Å². The van der Waals surface area contributed by atoms with Gasteiger partial charge in [-0.3, -0.25) is 4.98 Å². The first kappa shape index (κ1) is 19.5. The van der Waals surface area contributed by atoms with E-state index in [2.05, 4.69) is 4.98 Å². The molecular formula is C19H23ClN2O5. The van der Waals surface area contributed by atoms with Crippen LogP contribution in [0.5, 0.6) is 11.5 Å². The van der Waals surface area contributed by atoms with Crippen molar-refractivity contribution in [2.24, 2.45) is 0 Å². The molecule has 1 atom stereocenters. The van der Waals surface area contributed by atoms with Crippen LogP contribution in [0.2, 0.25) is 5.02 Å². The average Bonchev–Trinajstić information content (AvgIpc) is 2.66. The fourth-order valence-electron chi connectivity index (χ4n) is 3.47. The molecule has 1 aromatic heterocycles. The molecule has 8 heteroatoms. The van der Waals surface area contributed by atoms with Gasteiger partial charge in [-0.25, -0.2) is 4.79 Å². The number of anilines is 1. The first-order valence-electron chi connectivity index (χ1n) is 8.85. The zero-order valence-corrected chi connectivity index (χ0v) is 16.4. The molecule has 1 aromatic carbocycles. The van der Waals surface area contributed by atoms with Crippen LogP contribution in [0.25, 0.3) is 10.9 Å². The summed E-state index contributed by atoms with van der Waals surface area (Å²) in [5, 5.41) is 11.1. The van der Waals surface area contributed by atoms with Gasteiger partial charge >= 0.3 is 5.97 Å². The lowest BCUT2D eigenvalue weighted by molar-refractivity contribution is 0.0526. The van der Waals surface area contributed by atoms with Gasteiger partial charge in [0, 0.05) is 25.4 Å². The van der Waals surface area contributed by atoms with Crippen LogP contribution in [0.1, 0.15) is 30.1 Å². The average molecular weight is 395 g/mol. The number of β-amino-alcohol motifs (C(OH)–C–C–N with tert-alkyl or cyclic N) is 1. The van der Waals surface area contributed by atoms with Gasteiger partial charge in [0.05, 0.1) is 43.0 Å². The number of pyridine rings is 1. The van der Waals surface area contributed by atoms with Gasteiger partial charge in [0.25, 0.3) is 0 Å². The van der Waals surface area contributed by atoms with Gasteiger partial charge in [0.1, 0.15) is 22.6 Å². The Morgan fingerprint density at radius 2 is 2.19 bits per heavy atom. The number of carbonyl (C=O) groups excluding carboxylic acids is 1. The minimum Gasteiger partial charge on any atom is -0.494 e. The molecule has 1 N–H and O–H groups in total. The summed E-state index contributed by atoms with van der Waals surface area (Å²) in [4.78, 5) is 19.0. The predicted molar refractivity (Wildman–Crippen MR) is 103 cm³/mol. The largest absolute Gasteiger partial charge is 0.494 e. The Balaban J connectivity index is 2.35. The molecule has 7 nitrogen and oxygen atoms in total. The maximum absolute atomic E-state index is 12.6. The van der Waals surface area contributed by atoms with Gasteiger partial charge in [0.15, 0.2) is 0 Å². The first-order valence-corrected chi connectivity index (χ1v) is 9.22. The molecule has 0 bridgehead atoms. The lowest BCUT2D eigenvalue weighted by Gasteiger charge is -2.34. The second kappa shape index (κ2) is 8.19. The van der Waals surface area contributed by atoms with E-state index < -0.39 is 12.1 Å². The van der Waals surface area contributed by atoms with Crippen molar-refractivity contribution < 1.29 is 24.1 Å². The number of esters is 1. The fourth-order valence-corrected chi connectivity index (χ4v) is 3.74. The van der Waals surface area contributed by atoms with E-state index in [0.29, 0.717) is 51.8 Å². The van der Waals surface area contributed by atoms with Crippen molar-refractivity contribution >= 4 is 34.2 Å². The van der Waals surface area contributed by atoms with E-state index in [1.54, 1.807) is 13.0 Å². The van der Waals surface area contributed by atoms with E-state index in [0.717, 1.165) is 12.8 Å². The van der Waals surface area contributed by atoms with Crippen molar-refractivity contribution in [3.63, 3.8) is 0 Å². The number of aliphatic hydroxyl groups is 1. The van der Waals surface area contributed by atoms with Gasteiger partial charge in [-0.05, 0) is 19.8 Å². The number of benzene rings is 1. The summed E-state index contributed by atoms with van der Waals surface area (Å²) in [5.41, 5.74) is 1.43. The number of aromatic nitrogens is 1. The lowest BCUT2D eigenvalue weighted by Crippen LogP contribution is -2.39. The fraction of sp³-hybridized carbons (Fsp3) is 0.474. The highest BCUT2D eigenvalue weighted by Gasteiger charge is 2.29. The van der Waals surface area contributed by atoms with E-state index in [1.807, 2.05) is 4.90 Å². The number of fused-ring (bicyclic) bond motifs is 1. The number of hydrogen-bond donors (Lipinski definition) is 1. The number of methoxy groups -OCH3 is 2. The summed E-state index contributed by atoms with van der Waals surface area (Å²) < 4.78 is 16.2. The zero-order chi connectivity index (χ0) is 19.6. The van der Waals surface area contributed by atoms with Gasteiger partial charge in [-0.1, -0.05) is 11.6 Å². The Bertz CT molecular complexity index is 858. The molecule has 27 heavy (non-hydrogen) atoms. The van der Waals surface area contributed by atoms with E-state index in [1.165, 1.54) is 20.4 Å². The molecule has 0 aliphatic carbocycles. The number of piperidine rings is 1. The highest BCUT2D eigenvalue weighted by atomic mass is 35.5. The van der Waals surface area contributed by atoms with Gasteiger partial charge in [-0.2, -0.15) is 0 Å². The molecule has 3 rings (SSSR count). The molecule has 1 saturated heterocycles. The number of carbonyl (C=O) groups is 1. The van der Waals surface area contributed by atoms with Crippen LogP contribution in [-0.2, 0) is 4.74 Å². The quantitative estimate of drug-likeness (QED) is 0.780. The number of rotatable bonds is 5. The van der Waals surface area contributed by atoms with E-state index in [9.17, 15) is 9.90 Å². The van der Waals surface area contributed by atoms with E-state index >= 15 is 0 Å². The number of aliphatic hydroxyl groups excluding tert-OH is 1. The van der Waals surface area contributed by atoms with Crippen LogP contribution in [0.3, 0.4) is 0 Å². The normalized spacial score (nSPS) is 17.1. The monoisotopic (exact) mass is 394 g/mol. The highest BCUT2D eigenvalue weighted by Crippen LogP contribution is 2.45.